The molecule has 6 heteroatoms. The zero-order valence-corrected chi connectivity index (χ0v) is 15.4. The van der Waals surface area contributed by atoms with E-state index >= 15 is 0 Å². The normalized spacial score (nSPS) is 11.2. The Kier molecular flexibility index (Phi) is 4.97. The fourth-order valence-corrected chi connectivity index (χ4v) is 3.49. The Morgan fingerprint density at radius 2 is 2.04 bits per heavy atom. The minimum Gasteiger partial charge on any atom is -0.365 e. The van der Waals surface area contributed by atoms with Gasteiger partial charge in [-0.3, -0.25) is 4.68 Å². The van der Waals surface area contributed by atoms with Gasteiger partial charge < -0.3 is 10.2 Å². The molecule has 0 fully saturated rings. The zero-order chi connectivity index (χ0) is 17.1. The summed E-state index contributed by atoms with van der Waals surface area (Å²) >= 11 is 1.71. The minimum absolute atomic E-state index is 0.705. The standard InChI is InChI=1S/C18H23N5S/c1-13-7-5-6-8-15(13)16-9-17(23(4)21-16)19-10-14-12-24-18(20-14)11-22(2)3/h5-9,12,19H,10-11H2,1-4H3. The van der Waals surface area contributed by atoms with Crippen molar-refractivity contribution in [3.8, 4) is 11.3 Å². The van der Waals surface area contributed by atoms with Gasteiger partial charge in [-0.25, -0.2) is 4.98 Å². The molecule has 5 nitrogen and oxygen atoms in total. The average molecular weight is 341 g/mol. The molecule has 0 bridgehead atoms. The van der Waals surface area contributed by atoms with Crippen LogP contribution in [0.5, 0.6) is 0 Å². The van der Waals surface area contributed by atoms with Gasteiger partial charge in [0.15, 0.2) is 0 Å². The largest absolute Gasteiger partial charge is 0.365 e. The molecule has 24 heavy (non-hydrogen) atoms. The summed E-state index contributed by atoms with van der Waals surface area (Å²) in [5.41, 5.74) is 4.46. The van der Waals surface area contributed by atoms with Crippen LogP contribution in [0.1, 0.15) is 16.3 Å². The predicted molar refractivity (Wildman–Crippen MR) is 100 cm³/mol. The lowest BCUT2D eigenvalue weighted by Crippen LogP contribution is -2.10. The highest BCUT2D eigenvalue weighted by Gasteiger charge is 2.10. The number of aryl methyl sites for hydroxylation is 2. The quantitative estimate of drug-likeness (QED) is 0.745. The van der Waals surface area contributed by atoms with Gasteiger partial charge in [-0.15, -0.1) is 11.3 Å². The van der Waals surface area contributed by atoms with E-state index in [0.717, 1.165) is 28.8 Å². The number of rotatable bonds is 6. The van der Waals surface area contributed by atoms with Crippen molar-refractivity contribution in [2.45, 2.75) is 20.0 Å². The van der Waals surface area contributed by atoms with Crippen LogP contribution in [0.4, 0.5) is 5.82 Å². The van der Waals surface area contributed by atoms with E-state index in [-0.39, 0.29) is 0 Å². The van der Waals surface area contributed by atoms with Crippen molar-refractivity contribution < 1.29 is 0 Å². The van der Waals surface area contributed by atoms with Crippen LogP contribution in [0.2, 0.25) is 0 Å². The fraction of sp³-hybridized carbons (Fsp3) is 0.333. The summed E-state index contributed by atoms with van der Waals surface area (Å²) in [6.45, 7) is 3.70. The Morgan fingerprint density at radius 3 is 2.79 bits per heavy atom. The number of hydrogen-bond acceptors (Lipinski definition) is 5. The smallest absolute Gasteiger partial charge is 0.124 e. The number of anilines is 1. The van der Waals surface area contributed by atoms with Crippen LogP contribution in [-0.2, 0) is 20.1 Å². The third kappa shape index (κ3) is 3.83. The molecule has 1 aromatic carbocycles. The van der Waals surface area contributed by atoms with Crippen molar-refractivity contribution in [2.24, 2.45) is 7.05 Å². The molecule has 0 radical (unpaired) electrons. The van der Waals surface area contributed by atoms with Crippen molar-refractivity contribution in [3.05, 3.63) is 52.0 Å². The summed E-state index contributed by atoms with van der Waals surface area (Å²) in [6, 6.07) is 10.4. The van der Waals surface area contributed by atoms with E-state index < -0.39 is 0 Å². The monoisotopic (exact) mass is 341 g/mol. The Labute approximate surface area is 147 Å². The van der Waals surface area contributed by atoms with E-state index in [2.05, 4.69) is 71.0 Å². The van der Waals surface area contributed by atoms with Crippen LogP contribution in [0.15, 0.2) is 35.7 Å². The summed E-state index contributed by atoms with van der Waals surface area (Å²) in [6.07, 6.45) is 0. The SMILES string of the molecule is Cc1ccccc1-c1cc(NCc2csc(CN(C)C)n2)n(C)n1. The van der Waals surface area contributed by atoms with Crippen LogP contribution < -0.4 is 5.32 Å². The summed E-state index contributed by atoms with van der Waals surface area (Å²) in [4.78, 5) is 6.79. The highest BCUT2D eigenvalue weighted by atomic mass is 32.1. The molecule has 0 aliphatic carbocycles. The molecular weight excluding hydrogens is 318 g/mol. The third-order valence-corrected chi connectivity index (χ3v) is 4.68. The summed E-state index contributed by atoms with van der Waals surface area (Å²) in [5, 5.41) is 11.3. The summed E-state index contributed by atoms with van der Waals surface area (Å²) in [5.74, 6) is 0.996. The highest BCUT2D eigenvalue weighted by molar-refractivity contribution is 7.09. The van der Waals surface area contributed by atoms with Gasteiger partial charge in [0.25, 0.3) is 0 Å². The highest BCUT2D eigenvalue weighted by Crippen LogP contribution is 2.24. The van der Waals surface area contributed by atoms with Gasteiger partial charge in [0.1, 0.15) is 10.8 Å². The van der Waals surface area contributed by atoms with Crippen molar-refractivity contribution in [1.29, 1.82) is 0 Å². The van der Waals surface area contributed by atoms with E-state index in [0.29, 0.717) is 6.54 Å². The second-order valence-corrected chi connectivity index (χ2v) is 7.12. The van der Waals surface area contributed by atoms with Gasteiger partial charge in [0, 0.05) is 30.6 Å². The maximum Gasteiger partial charge on any atom is 0.124 e. The Hall–Kier alpha value is -2.18. The minimum atomic E-state index is 0.705. The third-order valence-electron chi connectivity index (χ3n) is 3.80. The number of thiazole rings is 1. The first-order valence-corrected chi connectivity index (χ1v) is 8.83. The topological polar surface area (TPSA) is 46.0 Å². The van der Waals surface area contributed by atoms with Crippen LogP contribution in [0.3, 0.4) is 0 Å². The van der Waals surface area contributed by atoms with E-state index in [1.165, 1.54) is 11.1 Å². The Morgan fingerprint density at radius 1 is 1.25 bits per heavy atom. The van der Waals surface area contributed by atoms with Crippen LogP contribution >= 0.6 is 11.3 Å². The number of aromatic nitrogens is 3. The molecule has 126 valence electrons. The second-order valence-electron chi connectivity index (χ2n) is 6.18. The first kappa shape index (κ1) is 16.7. The van der Waals surface area contributed by atoms with Gasteiger partial charge in [-0.2, -0.15) is 5.10 Å². The first-order valence-electron chi connectivity index (χ1n) is 7.95. The van der Waals surface area contributed by atoms with Crippen molar-refractivity contribution >= 4 is 17.2 Å². The molecule has 0 atom stereocenters. The second kappa shape index (κ2) is 7.15. The summed E-state index contributed by atoms with van der Waals surface area (Å²) in [7, 11) is 6.08. The zero-order valence-electron chi connectivity index (χ0n) is 14.6. The maximum atomic E-state index is 4.66. The number of nitrogens with one attached hydrogen (secondary N) is 1. The Balaban J connectivity index is 1.70. The van der Waals surface area contributed by atoms with Gasteiger partial charge in [0.2, 0.25) is 0 Å². The van der Waals surface area contributed by atoms with Gasteiger partial charge in [-0.05, 0) is 26.6 Å². The molecule has 0 aliphatic rings. The first-order chi connectivity index (χ1) is 11.5. The number of benzene rings is 1. The molecule has 0 aliphatic heterocycles. The van der Waals surface area contributed by atoms with E-state index in [1.807, 2.05) is 17.8 Å². The van der Waals surface area contributed by atoms with E-state index in [1.54, 1.807) is 11.3 Å². The van der Waals surface area contributed by atoms with Crippen LogP contribution in [-0.4, -0.2) is 33.8 Å². The van der Waals surface area contributed by atoms with Gasteiger partial charge in [0.05, 0.1) is 17.9 Å². The fourth-order valence-electron chi connectivity index (χ4n) is 2.58. The lowest BCUT2D eigenvalue weighted by molar-refractivity contribution is 0.401. The van der Waals surface area contributed by atoms with E-state index in [9.17, 15) is 0 Å². The lowest BCUT2D eigenvalue weighted by atomic mass is 10.1. The van der Waals surface area contributed by atoms with E-state index in [4.69, 9.17) is 0 Å². The van der Waals surface area contributed by atoms with Crippen molar-refractivity contribution in [2.75, 3.05) is 19.4 Å². The molecule has 3 aromatic rings. The molecule has 0 unspecified atom stereocenters. The Bertz CT molecular complexity index is 818. The lowest BCUT2D eigenvalue weighted by Gasteiger charge is -2.05. The molecule has 1 N–H and O–H groups in total. The van der Waals surface area contributed by atoms with Gasteiger partial charge >= 0.3 is 0 Å². The maximum absolute atomic E-state index is 4.66. The molecule has 2 aromatic heterocycles. The van der Waals surface area contributed by atoms with Crippen LogP contribution in [0.25, 0.3) is 11.3 Å². The number of hydrogen-bond donors (Lipinski definition) is 1. The van der Waals surface area contributed by atoms with Gasteiger partial charge in [-0.1, -0.05) is 24.3 Å². The summed E-state index contributed by atoms with van der Waals surface area (Å²) < 4.78 is 1.88. The van der Waals surface area contributed by atoms with Crippen molar-refractivity contribution in [3.63, 3.8) is 0 Å². The molecule has 3 rings (SSSR count). The van der Waals surface area contributed by atoms with Crippen LogP contribution in [0, 0.1) is 6.92 Å². The van der Waals surface area contributed by atoms with Crippen molar-refractivity contribution in [1.82, 2.24) is 19.7 Å². The number of nitrogens with zero attached hydrogens (tertiary/aromatic N) is 4. The molecule has 0 saturated heterocycles. The molecule has 0 spiro atoms. The molecule has 2 heterocycles. The predicted octanol–water partition coefficient (Wildman–Crippen LogP) is 3.53. The molecular formula is C18H23N5S. The molecule has 0 saturated carbocycles. The average Bonchev–Trinajstić information content (AvgIpc) is 3.12. The molecule has 0 amide bonds.